The molecule has 0 radical (unpaired) electrons. The lowest BCUT2D eigenvalue weighted by atomic mass is 10.2. The average molecular weight is 296 g/mol. The third-order valence-electron chi connectivity index (χ3n) is 2.15. The molecule has 0 aliphatic carbocycles. The van der Waals surface area contributed by atoms with E-state index < -0.39 is 5.91 Å². The van der Waals surface area contributed by atoms with Crippen LogP contribution in [0.25, 0.3) is 5.82 Å². The van der Waals surface area contributed by atoms with E-state index in [2.05, 4.69) is 26.0 Å². The molecule has 0 aromatic carbocycles. The number of halogens is 1. The fourth-order valence-corrected chi connectivity index (χ4v) is 1.67. The molecule has 4 N–H and O–H groups in total. The van der Waals surface area contributed by atoms with Gasteiger partial charge in [-0.05, 0) is 35.0 Å². The van der Waals surface area contributed by atoms with Crippen molar-refractivity contribution in [1.29, 1.82) is 0 Å². The van der Waals surface area contributed by atoms with Gasteiger partial charge in [-0.15, -0.1) is 5.10 Å². The van der Waals surface area contributed by atoms with Gasteiger partial charge in [0.1, 0.15) is 0 Å². The van der Waals surface area contributed by atoms with Crippen molar-refractivity contribution in [2.24, 2.45) is 5.73 Å². The van der Waals surface area contributed by atoms with Crippen LogP contribution in [0.3, 0.4) is 0 Å². The summed E-state index contributed by atoms with van der Waals surface area (Å²) >= 11 is 3.25. The van der Waals surface area contributed by atoms with E-state index in [4.69, 9.17) is 11.5 Å². The highest BCUT2D eigenvalue weighted by Gasteiger charge is 2.09. The predicted octanol–water partition coefficient (Wildman–Crippen LogP) is 1.02. The average Bonchev–Trinajstić information content (AvgIpc) is 2.58. The molecule has 2 rings (SSSR count). The van der Waals surface area contributed by atoms with Crippen LogP contribution in [0.2, 0.25) is 0 Å². The molecule has 2 aromatic rings. The summed E-state index contributed by atoms with van der Waals surface area (Å²) < 4.78 is 2.15. The number of amides is 1. The van der Waals surface area contributed by atoms with Gasteiger partial charge in [0.2, 0.25) is 5.91 Å². The normalized spacial score (nSPS) is 10.5. The van der Waals surface area contributed by atoms with Crippen molar-refractivity contribution in [3.8, 4) is 5.82 Å². The van der Waals surface area contributed by atoms with E-state index >= 15 is 0 Å². The third kappa shape index (κ3) is 2.28. The first-order valence-corrected chi connectivity index (χ1v) is 5.56. The molecule has 0 spiro atoms. The van der Waals surface area contributed by atoms with Gasteiger partial charge in [0.15, 0.2) is 11.6 Å². The molecule has 17 heavy (non-hydrogen) atoms. The van der Waals surface area contributed by atoms with Crippen LogP contribution in [-0.4, -0.2) is 20.7 Å². The molecule has 0 aliphatic heterocycles. The number of nitrogens with two attached hydrogens (primary N) is 2. The Morgan fingerprint density at radius 3 is 2.71 bits per heavy atom. The first-order valence-electron chi connectivity index (χ1n) is 4.77. The number of nitrogens with zero attached hydrogens (tertiary/aromatic N) is 3. The zero-order valence-corrected chi connectivity index (χ0v) is 10.6. The number of anilines is 1. The number of carbonyl (C=O) groups is 1. The van der Waals surface area contributed by atoms with E-state index in [9.17, 15) is 4.79 Å². The summed E-state index contributed by atoms with van der Waals surface area (Å²) in [5, 5.41) is 4.05. The van der Waals surface area contributed by atoms with Crippen LogP contribution in [0.5, 0.6) is 0 Å². The Balaban J connectivity index is 2.55. The van der Waals surface area contributed by atoms with Gasteiger partial charge < -0.3 is 11.5 Å². The first kappa shape index (κ1) is 11.6. The molecule has 7 heteroatoms. The maximum atomic E-state index is 11.1. The summed E-state index contributed by atoms with van der Waals surface area (Å²) in [4.78, 5) is 15.4. The fourth-order valence-electron chi connectivity index (χ4n) is 1.39. The standard InChI is InChI=1S/C10H10BrN5O/c1-5-2-6(10(13)17)3-8(14-5)16-4-7(11)9(12)15-16/h2-4H,1H3,(H2,12,15)(H2,13,17). The second kappa shape index (κ2) is 4.17. The zero-order valence-electron chi connectivity index (χ0n) is 9.01. The molecule has 0 saturated carbocycles. The molecular weight excluding hydrogens is 286 g/mol. The summed E-state index contributed by atoms with van der Waals surface area (Å²) in [6.45, 7) is 1.78. The van der Waals surface area contributed by atoms with Crippen LogP contribution < -0.4 is 11.5 Å². The quantitative estimate of drug-likeness (QED) is 0.864. The number of nitrogen functional groups attached to an aromatic ring is 1. The van der Waals surface area contributed by atoms with Crippen LogP contribution in [0.1, 0.15) is 16.1 Å². The lowest BCUT2D eigenvalue weighted by molar-refractivity contribution is 0.1000. The summed E-state index contributed by atoms with van der Waals surface area (Å²) in [6, 6.07) is 3.18. The van der Waals surface area contributed by atoms with Gasteiger partial charge in [-0.25, -0.2) is 9.67 Å². The summed E-state index contributed by atoms with van der Waals surface area (Å²) in [5.74, 6) is 0.348. The molecule has 0 bridgehead atoms. The third-order valence-corrected chi connectivity index (χ3v) is 2.77. The number of aryl methyl sites for hydroxylation is 1. The van der Waals surface area contributed by atoms with Crippen LogP contribution in [-0.2, 0) is 0 Å². The topological polar surface area (TPSA) is 99.8 Å². The highest BCUT2D eigenvalue weighted by molar-refractivity contribution is 9.10. The van der Waals surface area contributed by atoms with Gasteiger partial charge in [-0.1, -0.05) is 0 Å². The highest BCUT2D eigenvalue weighted by atomic mass is 79.9. The molecule has 0 unspecified atom stereocenters. The number of primary amides is 1. The Morgan fingerprint density at radius 1 is 1.47 bits per heavy atom. The van der Waals surface area contributed by atoms with E-state index in [0.717, 1.165) is 0 Å². The Labute approximate surface area is 106 Å². The minimum absolute atomic E-state index is 0.355. The second-order valence-electron chi connectivity index (χ2n) is 3.53. The fraction of sp³-hybridized carbons (Fsp3) is 0.100. The molecule has 1 amide bonds. The van der Waals surface area contributed by atoms with Crippen molar-refractivity contribution >= 4 is 27.7 Å². The molecule has 0 saturated heterocycles. The number of aromatic nitrogens is 3. The molecular formula is C10H10BrN5O. The number of hydrogen-bond acceptors (Lipinski definition) is 4. The number of pyridine rings is 1. The minimum Gasteiger partial charge on any atom is -0.381 e. The van der Waals surface area contributed by atoms with Gasteiger partial charge in [0.05, 0.1) is 4.47 Å². The van der Waals surface area contributed by atoms with E-state index in [1.54, 1.807) is 25.3 Å². The largest absolute Gasteiger partial charge is 0.381 e. The molecule has 6 nitrogen and oxygen atoms in total. The lowest BCUT2D eigenvalue weighted by Gasteiger charge is -2.04. The molecule has 0 atom stereocenters. The van der Waals surface area contributed by atoms with Crippen molar-refractivity contribution in [3.63, 3.8) is 0 Å². The van der Waals surface area contributed by atoms with Gasteiger partial charge >= 0.3 is 0 Å². The Hall–Kier alpha value is -1.89. The molecule has 0 fully saturated rings. The van der Waals surface area contributed by atoms with Crippen LogP contribution in [0, 0.1) is 6.92 Å². The summed E-state index contributed by atoms with van der Waals surface area (Å²) in [5.41, 5.74) is 11.9. The number of hydrogen-bond donors (Lipinski definition) is 2. The Kier molecular flexibility index (Phi) is 2.84. The molecule has 88 valence electrons. The first-order chi connectivity index (χ1) is 7.97. The van der Waals surface area contributed by atoms with E-state index in [-0.39, 0.29) is 0 Å². The van der Waals surface area contributed by atoms with Crippen molar-refractivity contribution in [1.82, 2.24) is 14.8 Å². The van der Waals surface area contributed by atoms with Crippen LogP contribution >= 0.6 is 15.9 Å². The second-order valence-corrected chi connectivity index (χ2v) is 4.38. The van der Waals surface area contributed by atoms with Crippen molar-refractivity contribution < 1.29 is 4.79 Å². The maximum absolute atomic E-state index is 11.1. The number of rotatable bonds is 2. The van der Waals surface area contributed by atoms with E-state index in [1.807, 2.05) is 0 Å². The summed E-state index contributed by atoms with van der Waals surface area (Å²) in [7, 11) is 0. The van der Waals surface area contributed by atoms with E-state index in [0.29, 0.717) is 27.4 Å². The van der Waals surface area contributed by atoms with Crippen molar-refractivity contribution in [2.75, 3.05) is 5.73 Å². The molecule has 2 aromatic heterocycles. The predicted molar refractivity (Wildman–Crippen MR) is 66.7 cm³/mol. The van der Waals surface area contributed by atoms with Crippen molar-refractivity contribution in [2.45, 2.75) is 6.92 Å². The smallest absolute Gasteiger partial charge is 0.248 e. The van der Waals surface area contributed by atoms with Gasteiger partial charge in [0, 0.05) is 17.5 Å². The Bertz CT molecular complexity index is 573. The molecule has 2 heterocycles. The van der Waals surface area contributed by atoms with E-state index in [1.165, 1.54) is 4.68 Å². The monoisotopic (exact) mass is 295 g/mol. The Morgan fingerprint density at radius 2 is 2.18 bits per heavy atom. The van der Waals surface area contributed by atoms with Gasteiger partial charge in [0.25, 0.3) is 0 Å². The SMILES string of the molecule is Cc1cc(C(N)=O)cc(-n2cc(Br)c(N)n2)n1. The maximum Gasteiger partial charge on any atom is 0.248 e. The highest BCUT2D eigenvalue weighted by Crippen LogP contribution is 2.19. The van der Waals surface area contributed by atoms with Gasteiger partial charge in [-0.2, -0.15) is 0 Å². The van der Waals surface area contributed by atoms with Crippen molar-refractivity contribution in [3.05, 3.63) is 34.1 Å². The van der Waals surface area contributed by atoms with Crippen LogP contribution in [0.4, 0.5) is 5.82 Å². The van der Waals surface area contributed by atoms with Gasteiger partial charge in [-0.3, -0.25) is 4.79 Å². The molecule has 0 aliphatic rings. The number of carbonyl (C=O) groups excluding carboxylic acids is 1. The zero-order chi connectivity index (χ0) is 12.6. The lowest BCUT2D eigenvalue weighted by Crippen LogP contribution is -2.13. The minimum atomic E-state index is -0.504. The summed E-state index contributed by atoms with van der Waals surface area (Å²) in [6.07, 6.45) is 1.67. The van der Waals surface area contributed by atoms with Crippen LogP contribution in [0.15, 0.2) is 22.8 Å².